The normalized spacial score (nSPS) is 11.0. The van der Waals surface area contributed by atoms with Crippen molar-refractivity contribution in [2.75, 3.05) is 5.32 Å². The average molecular weight is 440 g/mol. The molecule has 0 unspecified atom stereocenters. The summed E-state index contributed by atoms with van der Waals surface area (Å²) in [6, 6.07) is 14.0. The SMILES string of the molecule is Cc1ccc(C)c(NC(=O)Cn2c(=O)n(-c3cccc(Cl)c3)c(=O)c3sccc32)c1. The summed E-state index contributed by atoms with van der Waals surface area (Å²) in [5.74, 6) is -0.352. The molecule has 2 heterocycles. The van der Waals surface area contributed by atoms with Gasteiger partial charge in [-0.05, 0) is 60.7 Å². The molecule has 4 rings (SSSR count). The number of thiophene rings is 1. The zero-order valence-electron chi connectivity index (χ0n) is 16.3. The van der Waals surface area contributed by atoms with Crippen LogP contribution in [0.4, 0.5) is 5.69 Å². The van der Waals surface area contributed by atoms with Gasteiger partial charge in [-0.1, -0.05) is 29.8 Å². The van der Waals surface area contributed by atoms with Crippen LogP contribution in [0.2, 0.25) is 5.02 Å². The molecular weight excluding hydrogens is 422 g/mol. The Morgan fingerprint density at radius 1 is 1.10 bits per heavy atom. The van der Waals surface area contributed by atoms with Crippen LogP contribution >= 0.6 is 22.9 Å². The van der Waals surface area contributed by atoms with Crippen LogP contribution in [0.5, 0.6) is 0 Å². The molecule has 0 aliphatic heterocycles. The lowest BCUT2D eigenvalue weighted by Gasteiger charge is -2.13. The van der Waals surface area contributed by atoms with E-state index in [1.54, 1.807) is 35.7 Å². The Morgan fingerprint density at radius 2 is 1.90 bits per heavy atom. The van der Waals surface area contributed by atoms with Crippen LogP contribution in [-0.4, -0.2) is 15.0 Å². The van der Waals surface area contributed by atoms with Gasteiger partial charge in [0.2, 0.25) is 5.91 Å². The second-order valence-corrected chi connectivity index (χ2v) is 8.34. The molecule has 0 bridgehead atoms. The minimum absolute atomic E-state index is 0.222. The van der Waals surface area contributed by atoms with E-state index >= 15 is 0 Å². The van der Waals surface area contributed by atoms with Gasteiger partial charge in [-0.3, -0.25) is 14.2 Å². The monoisotopic (exact) mass is 439 g/mol. The van der Waals surface area contributed by atoms with Gasteiger partial charge in [-0.25, -0.2) is 9.36 Å². The van der Waals surface area contributed by atoms with Crippen molar-refractivity contribution < 1.29 is 4.79 Å². The van der Waals surface area contributed by atoms with Crippen molar-refractivity contribution in [3.63, 3.8) is 0 Å². The molecule has 8 heteroatoms. The lowest BCUT2D eigenvalue weighted by Crippen LogP contribution is -2.40. The van der Waals surface area contributed by atoms with Crippen molar-refractivity contribution in [2.45, 2.75) is 20.4 Å². The van der Waals surface area contributed by atoms with Gasteiger partial charge in [0, 0.05) is 10.7 Å². The molecule has 6 nitrogen and oxygen atoms in total. The molecule has 2 aromatic heterocycles. The number of aromatic nitrogens is 2. The third-order valence-corrected chi connectivity index (χ3v) is 5.92. The number of fused-ring (bicyclic) bond motifs is 1. The summed E-state index contributed by atoms with van der Waals surface area (Å²) in [6.45, 7) is 3.62. The number of benzene rings is 2. The molecule has 0 saturated heterocycles. The zero-order valence-corrected chi connectivity index (χ0v) is 17.9. The zero-order chi connectivity index (χ0) is 21.4. The Kier molecular flexibility index (Phi) is 5.32. The number of nitrogens with one attached hydrogen (secondary N) is 1. The van der Waals surface area contributed by atoms with Gasteiger partial charge < -0.3 is 5.32 Å². The first kappa shape index (κ1) is 20.1. The highest BCUT2D eigenvalue weighted by Crippen LogP contribution is 2.19. The van der Waals surface area contributed by atoms with Crippen LogP contribution in [0.3, 0.4) is 0 Å². The van der Waals surface area contributed by atoms with Crippen LogP contribution in [-0.2, 0) is 11.3 Å². The van der Waals surface area contributed by atoms with Crippen molar-refractivity contribution in [1.29, 1.82) is 0 Å². The van der Waals surface area contributed by atoms with E-state index in [0.29, 0.717) is 26.6 Å². The van der Waals surface area contributed by atoms with Crippen LogP contribution in [0.25, 0.3) is 15.9 Å². The largest absolute Gasteiger partial charge is 0.336 e. The molecule has 0 aliphatic rings. The number of carbonyl (C=O) groups excluding carboxylic acids is 1. The molecule has 0 aliphatic carbocycles. The molecule has 0 fully saturated rings. The van der Waals surface area contributed by atoms with E-state index in [4.69, 9.17) is 11.6 Å². The first-order valence-electron chi connectivity index (χ1n) is 9.21. The summed E-state index contributed by atoms with van der Waals surface area (Å²) in [6.07, 6.45) is 0. The Morgan fingerprint density at radius 3 is 2.67 bits per heavy atom. The molecule has 0 radical (unpaired) electrons. The summed E-state index contributed by atoms with van der Waals surface area (Å²) in [4.78, 5) is 39.0. The van der Waals surface area contributed by atoms with Crippen LogP contribution in [0.1, 0.15) is 11.1 Å². The van der Waals surface area contributed by atoms with E-state index < -0.39 is 11.2 Å². The standard InChI is InChI=1S/C22H18ClN3O3S/c1-13-6-7-14(2)17(10-13)24-19(27)12-25-18-8-9-30-20(18)21(28)26(22(25)29)16-5-3-4-15(23)11-16/h3-11H,12H2,1-2H3,(H,24,27). The number of nitrogens with zero attached hydrogens (tertiary/aromatic N) is 2. The number of carbonyl (C=O) groups is 1. The first-order chi connectivity index (χ1) is 14.3. The molecule has 30 heavy (non-hydrogen) atoms. The van der Waals surface area contributed by atoms with Crippen LogP contribution in [0, 0.1) is 13.8 Å². The third-order valence-electron chi connectivity index (χ3n) is 4.79. The summed E-state index contributed by atoms with van der Waals surface area (Å²) in [5.41, 5.74) is 2.40. The molecule has 0 saturated carbocycles. The van der Waals surface area contributed by atoms with Crippen molar-refractivity contribution in [1.82, 2.24) is 9.13 Å². The Bertz CT molecular complexity index is 1400. The van der Waals surface area contributed by atoms with Crippen molar-refractivity contribution >= 4 is 44.7 Å². The minimum atomic E-state index is -0.593. The maximum absolute atomic E-state index is 13.2. The number of anilines is 1. The molecule has 1 amide bonds. The maximum Gasteiger partial charge on any atom is 0.336 e. The van der Waals surface area contributed by atoms with E-state index in [1.807, 2.05) is 32.0 Å². The second kappa shape index (κ2) is 7.93. The number of aryl methyl sites for hydroxylation is 2. The molecule has 0 atom stereocenters. The van der Waals surface area contributed by atoms with Crippen molar-refractivity contribution in [3.8, 4) is 5.69 Å². The van der Waals surface area contributed by atoms with Gasteiger partial charge in [-0.15, -0.1) is 11.3 Å². The third kappa shape index (κ3) is 3.69. The Balaban J connectivity index is 1.80. The maximum atomic E-state index is 13.2. The fourth-order valence-electron chi connectivity index (χ4n) is 3.29. The highest BCUT2D eigenvalue weighted by Gasteiger charge is 2.18. The van der Waals surface area contributed by atoms with Gasteiger partial charge in [0.1, 0.15) is 11.2 Å². The van der Waals surface area contributed by atoms with E-state index in [2.05, 4.69) is 5.32 Å². The molecule has 4 aromatic rings. The van der Waals surface area contributed by atoms with Crippen LogP contribution < -0.4 is 16.6 Å². The fraction of sp³-hybridized carbons (Fsp3) is 0.136. The van der Waals surface area contributed by atoms with Crippen molar-refractivity contribution in [3.05, 3.63) is 90.9 Å². The van der Waals surface area contributed by atoms with E-state index in [1.165, 1.54) is 15.9 Å². The highest BCUT2D eigenvalue weighted by atomic mass is 35.5. The number of amides is 1. The summed E-state index contributed by atoms with van der Waals surface area (Å²) in [7, 11) is 0. The van der Waals surface area contributed by atoms with E-state index in [-0.39, 0.29) is 12.5 Å². The molecule has 0 spiro atoms. The second-order valence-electron chi connectivity index (χ2n) is 6.99. The number of hydrogen-bond donors (Lipinski definition) is 1. The lowest BCUT2D eigenvalue weighted by atomic mass is 10.1. The fourth-order valence-corrected chi connectivity index (χ4v) is 4.30. The van der Waals surface area contributed by atoms with E-state index in [9.17, 15) is 14.4 Å². The van der Waals surface area contributed by atoms with Gasteiger partial charge in [0.15, 0.2) is 0 Å². The molecule has 2 aromatic carbocycles. The van der Waals surface area contributed by atoms with Gasteiger partial charge >= 0.3 is 5.69 Å². The Labute approximate surface area is 181 Å². The van der Waals surface area contributed by atoms with Crippen molar-refractivity contribution in [2.24, 2.45) is 0 Å². The molecule has 152 valence electrons. The summed E-state index contributed by atoms with van der Waals surface area (Å²) < 4.78 is 2.76. The Hall–Kier alpha value is -3.16. The smallest absolute Gasteiger partial charge is 0.324 e. The summed E-state index contributed by atoms with van der Waals surface area (Å²) in [5, 5.41) is 5.00. The first-order valence-corrected chi connectivity index (χ1v) is 10.5. The van der Waals surface area contributed by atoms with Crippen LogP contribution in [0.15, 0.2) is 63.5 Å². The molecular formula is C22H18ClN3O3S. The lowest BCUT2D eigenvalue weighted by molar-refractivity contribution is -0.116. The van der Waals surface area contributed by atoms with Gasteiger partial charge in [-0.2, -0.15) is 0 Å². The number of hydrogen-bond acceptors (Lipinski definition) is 4. The average Bonchev–Trinajstić information content (AvgIpc) is 3.18. The van der Waals surface area contributed by atoms with Gasteiger partial charge in [0.25, 0.3) is 5.56 Å². The predicted octanol–water partition coefficient (Wildman–Crippen LogP) is 4.12. The predicted molar refractivity (Wildman–Crippen MR) is 121 cm³/mol. The highest BCUT2D eigenvalue weighted by molar-refractivity contribution is 7.17. The quantitative estimate of drug-likeness (QED) is 0.519. The van der Waals surface area contributed by atoms with E-state index in [0.717, 1.165) is 15.7 Å². The topological polar surface area (TPSA) is 73.1 Å². The van der Waals surface area contributed by atoms with Gasteiger partial charge in [0.05, 0.1) is 11.2 Å². The minimum Gasteiger partial charge on any atom is -0.324 e. The molecule has 1 N–H and O–H groups in total. The number of rotatable bonds is 4. The number of halogens is 1. The summed E-state index contributed by atoms with van der Waals surface area (Å²) >= 11 is 7.28.